The van der Waals surface area contributed by atoms with Gasteiger partial charge in [-0.2, -0.15) is 0 Å². The highest BCUT2D eigenvalue weighted by atomic mass is 16.5. The van der Waals surface area contributed by atoms with Crippen LogP contribution in [0.5, 0.6) is 0 Å². The van der Waals surface area contributed by atoms with E-state index in [1.54, 1.807) is 6.92 Å². The van der Waals surface area contributed by atoms with Gasteiger partial charge in [-0.15, -0.1) is 0 Å². The first-order chi connectivity index (χ1) is 7.71. The summed E-state index contributed by atoms with van der Waals surface area (Å²) in [6.07, 6.45) is 2.18. The number of esters is 1. The predicted octanol–water partition coefficient (Wildman–Crippen LogP) is 3.15. The number of aliphatic hydroxyl groups excluding tert-OH is 1. The Morgan fingerprint density at radius 3 is 2.18 bits per heavy atom. The van der Waals surface area contributed by atoms with Crippen LogP contribution in [0.3, 0.4) is 0 Å². The maximum Gasteiger partial charge on any atom is 0.312 e. The van der Waals surface area contributed by atoms with Gasteiger partial charge < -0.3 is 9.84 Å². The summed E-state index contributed by atoms with van der Waals surface area (Å²) in [5, 5.41) is 9.17. The number of carbonyl (C=O) groups excluding carboxylic acids is 1. The molecule has 0 aliphatic carbocycles. The Morgan fingerprint density at radius 1 is 1.29 bits per heavy atom. The van der Waals surface area contributed by atoms with Crippen molar-refractivity contribution in [3.05, 3.63) is 0 Å². The zero-order chi connectivity index (χ0) is 13.7. The van der Waals surface area contributed by atoms with Crippen LogP contribution in [0.1, 0.15) is 60.8 Å². The quantitative estimate of drug-likeness (QED) is 0.700. The van der Waals surface area contributed by atoms with Crippen molar-refractivity contribution in [1.82, 2.24) is 0 Å². The van der Waals surface area contributed by atoms with E-state index in [9.17, 15) is 4.79 Å². The average Bonchev–Trinajstić information content (AvgIpc) is 2.24. The Kier molecular flexibility index (Phi) is 6.17. The Balaban J connectivity index is 4.81. The molecule has 0 rings (SSSR count). The molecule has 0 aliphatic heterocycles. The number of ether oxygens (including phenoxy) is 1. The van der Waals surface area contributed by atoms with E-state index in [1.807, 2.05) is 13.8 Å². The molecule has 0 spiro atoms. The molecule has 0 radical (unpaired) electrons. The van der Waals surface area contributed by atoms with E-state index in [0.29, 0.717) is 0 Å². The first-order valence-electron chi connectivity index (χ1n) is 6.56. The lowest BCUT2D eigenvalue weighted by Crippen LogP contribution is -2.43. The lowest BCUT2D eigenvalue weighted by atomic mass is 9.63. The third kappa shape index (κ3) is 3.98. The fraction of sp³-hybridized carbons (Fsp3) is 0.929. The molecule has 0 amide bonds. The summed E-state index contributed by atoms with van der Waals surface area (Å²) in [6, 6.07) is 0. The van der Waals surface area contributed by atoms with E-state index in [-0.39, 0.29) is 18.0 Å². The summed E-state index contributed by atoms with van der Waals surface area (Å²) < 4.78 is 5.20. The molecule has 0 saturated carbocycles. The number of carbonyl (C=O) groups is 1. The summed E-state index contributed by atoms with van der Waals surface area (Å²) >= 11 is 0. The van der Waals surface area contributed by atoms with Crippen LogP contribution in [0.2, 0.25) is 0 Å². The maximum atomic E-state index is 12.2. The lowest BCUT2D eigenvalue weighted by molar-refractivity contribution is -0.166. The van der Waals surface area contributed by atoms with Crippen LogP contribution in [0.4, 0.5) is 0 Å². The van der Waals surface area contributed by atoms with E-state index in [2.05, 4.69) is 20.8 Å². The highest BCUT2D eigenvalue weighted by Gasteiger charge is 2.46. The molecule has 0 bridgehead atoms. The van der Waals surface area contributed by atoms with E-state index in [1.165, 1.54) is 0 Å². The van der Waals surface area contributed by atoms with Gasteiger partial charge in [0.2, 0.25) is 0 Å². The van der Waals surface area contributed by atoms with E-state index in [4.69, 9.17) is 9.84 Å². The minimum Gasteiger partial charge on any atom is -0.463 e. The van der Waals surface area contributed by atoms with Gasteiger partial charge in [0.15, 0.2) is 0 Å². The van der Waals surface area contributed by atoms with Crippen molar-refractivity contribution in [2.75, 3.05) is 6.61 Å². The van der Waals surface area contributed by atoms with Crippen LogP contribution in [-0.2, 0) is 9.53 Å². The molecule has 17 heavy (non-hydrogen) atoms. The van der Waals surface area contributed by atoms with Gasteiger partial charge in [-0.1, -0.05) is 34.1 Å². The van der Waals surface area contributed by atoms with Crippen LogP contribution in [0.25, 0.3) is 0 Å². The maximum absolute atomic E-state index is 12.2. The molecule has 1 N–H and O–H groups in total. The Bertz CT molecular complexity index is 246. The van der Waals surface area contributed by atoms with Crippen molar-refractivity contribution in [2.24, 2.45) is 10.8 Å². The topological polar surface area (TPSA) is 46.5 Å². The molecule has 102 valence electrons. The fourth-order valence-corrected chi connectivity index (χ4v) is 2.16. The third-order valence-electron chi connectivity index (χ3n) is 3.98. The van der Waals surface area contributed by atoms with Crippen LogP contribution in [0, 0.1) is 10.8 Å². The van der Waals surface area contributed by atoms with Crippen molar-refractivity contribution in [3.63, 3.8) is 0 Å². The number of aliphatic hydroxyl groups is 1. The Morgan fingerprint density at radius 2 is 1.82 bits per heavy atom. The monoisotopic (exact) mass is 244 g/mol. The number of rotatable bonds is 7. The van der Waals surface area contributed by atoms with Crippen LogP contribution >= 0.6 is 0 Å². The SMILES string of the molecule is CCCC(C)(C)C(C)(CC)C(=O)OCC(C)O. The molecular weight excluding hydrogens is 216 g/mol. The van der Waals surface area contributed by atoms with Crippen LogP contribution < -0.4 is 0 Å². The fourth-order valence-electron chi connectivity index (χ4n) is 2.16. The van der Waals surface area contributed by atoms with Crippen LogP contribution in [0.15, 0.2) is 0 Å². The van der Waals surface area contributed by atoms with Crippen molar-refractivity contribution < 1.29 is 14.6 Å². The minimum absolute atomic E-state index is 0.0800. The number of hydrogen-bond donors (Lipinski definition) is 1. The van der Waals surface area contributed by atoms with Gasteiger partial charge in [-0.3, -0.25) is 4.79 Å². The van der Waals surface area contributed by atoms with Gasteiger partial charge in [-0.25, -0.2) is 0 Å². The zero-order valence-corrected chi connectivity index (χ0v) is 12.2. The van der Waals surface area contributed by atoms with Crippen LogP contribution in [-0.4, -0.2) is 23.8 Å². The molecule has 3 heteroatoms. The summed E-state index contributed by atoms with van der Waals surface area (Å²) in [4.78, 5) is 12.2. The second-order valence-corrected chi connectivity index (χ2v) is 5.77. The summed E-state index contributed by atoms with van der Waals surface area (Å²) in [5.41, 5.74) is -0.579. The minimum atomic E-state index is -0.602. The van der Waals surface area contributed by atoms with Gasteiger partial charge in [0.1, 0.15) is 6.61 Å². The van der Waals surface area contributed by atoms with E-state index < -0.39 is 11.5 Å². The number of hydrogen-bond acceptors (Lipinski definition) is 3. The molecule has 0 aromatic carbocycles. The van der Waals surface area contributed by atoms with E-state index in [0.717, 1.165) is 19.3 Å². The van der Waals surface area contributed by atoms with Gasteiger partial charge in [0.05, 0.1) is 11.5 Å². The largest absolute Gasteiger partial charge is 0.463 e. The first-order valence-corrected chi connectivity index (χ1v) is 6.56. The predicted molar refractivity (Wildman–Crippen MR) is 69.7 cm³/mol. The summed E-state index contributed by atoms with van der Waals surface area (Å²) in [7, 11) is 0. The molecule has 0 saturated heterocycles. The standard InChI is InChI=1S/C14H28O3/c1-7-9-13(4,5)14(6,8-2)12(16)17-10-11(3)15/h11,15H,7-10H2,1-6H3. The molecule has 0 aliphatic rings. The van der Waals surface area contributed by atoms with Crippen molar-refractivity contribution in [1.29, 1.82) is 0 Å². The van der Waals surface area contributed by atoms with Gasteiger partial charge in [0.25, 0.3) is 0 Å². The smallest absolute Gasteiger partial charge is 0.312 e. The second kappa shape index (κ2) is 6.39. The molecule has 3 nitrogen and oxygen atoms in total. The normalized spacial score (nSPS) is 17.4. The molecule has 0 heterocycles. The second-order valence-electron chi connectivity index (χ2n) is 5.77. The van der Waals surface area contributed by atoms with E-state index >= 15 is 0 Å². The molecule has 0 aromatic rings. The van der Waals surface area contributed by atoms with Gasteiger partial charge in [0, 0.05) is 0 Å². The third-order valence-corrected chi connectivity index (χ3v) is 3.98. The highest BCUT2D eigenvalue weighted by molar-refractivity contribution is 5.77. The molecule has 2 atom stereocenters. The molecule has 2 unspecified atom stereocenters. The molecule has 0 aromatic heterocycles. The Hall–Kier alpha value is -0.570. The van der Waals surface area contributed by atoms with Crippen molar-refractivity contribution in [3.8, 4) is 0 Å². The molecular formula is C14H28O3. The van der Waals surface area contributed by atoms with Crippen molar-refractivity contribution in [2.45, 2.75) is 66.9 Å². The average molecular weight is 244 g/mol. The summed E-state index contributed by atoms with van der Waals surface area (Å²) in [6.45, 7) is 12.0. The van der Waals surface area contributed by atoms with Crippen molar-refractivity contribution >= 4 is 5.97 Å². The lowest BCUT2D eigenvalue weighted by Gasteiger charge is -2.41. The highest BCUT2D eigenvalue weighted by Crippen LogP contribution is 2.45. The first kappa shape index (κ1) is 16.4. The zero-order valence-electron chi connectivity index (χ0n) is 12.2. The van der Waals surface area contributed by atoms with Gasteiger partial charge >= 0.3 is 5.97 Å². The summed E-state index contributed by atoms with van der Waals surface area (Å²) in [5.74, 6) is -0.195. The van der Waals surface area contributed by atoms with Gasteiger partial charge in [-0.05, 0) is 32.1 Å². The Labute approximate surface area is 106 Å². The molecule has 0 fully saturated rings.